The largest absolute Gasteiger partial charge is 0.217 e. The Balaban J connectivity index is 2.07. The molecule has 0 unspecified atom stereocenters. The average molecular weight is 240 g/mol. The third-order valence-electron chi connectivity index (χ3n) is 2.45. The third kappa shape index (κ3) is 1.69. The molecule has 0 bridgehead atoms. The van der Waals surface area contributed by atoms with Crippen molar-refractivity contribution in [3.63, 3.8) is 0 Å². The highest BCUT2D eigenvalue weighted by Crippen LogP contribution is 2.22. The highest BCUT2D eigenvalue weighted by Gasteiger charge is 2.07. The smallest absolute Gasteiger partial charge is 0.212 e. The lowest BCUT2D eigenvalue weighted by molar-refractivity contribution is 0.946. The summed E-state index contributed by atoms with van der Waals surface area (Å²) in [6, 6.07) is 9.49. The van der Waals surface area contributed by atoms with Crippen molar-refractivity contribution in [3.8, 4) is 17.3 Å². The lowest BCUT2D eigenvalue weighted by atomic mass is 10.1. The molecule has 3 rings (SSSR count). The molecule has 0 aliphatic rings. The number of hydrogen-bond acceptors (Lipinski definition) is 4. The van der Waals surface area contributed by atoms with E-state index in [1.165, 1.54) is 0 Å². The first-order valence-corrected chi connectivity index (χ1v) is 5.91. The van der Waals surface area contributed by atoms with Gasteiger partial charge in [0.2, 0.25) is 4.96 Å². The Morgan fingerprint density at radius 3 is 2.71 bits per heavy atom. The van der Waals surface area contributed by atoms with Crippen LogP contribution in [-0.2, 0) is 0 Å². The van der Waals surface area contributed by atoms with Crippen molar-refractivity contribution in [2.75, 3.05) is 0 Å². The number of hydrogen-bond donors (Lipinski definition) is 0. The van der Waals surface area contributed by atoms with Crippen LogP contribution in [0.25, 0.3) is 16.2 Å². The third-order valence-corrected chi connectivity index (χ3v) is 3.29. The number of nitrogens with zero attached hydrogens (tertiary/aromatic N) is 4. The van der Waals surface area contributed by atoms with Gasteiger partial charge >= 0.3 is 0 Å². The summed E-state index contributed by atoms with van der Waals surface area (Å²) in [6.45, 7) is 1.96. The Morgan fingerprint density at radius 2 is 2.06 bits per heavy atom. The standard InChI is InChI=1S/C12H8N4S/c1-8-15-16-7-11(14-12(16)17-8)10-4-2-9(6-13)3-5-10/h2-5,7H,1H3. The second kappa shape index (κ2) is 3.68. The van der Waals surface area contributed by atoms with Gasteiger partial charge in [-0.1, -0.05) is 23.5 Å². The average Bonchev–Trinajstić information content (AvgIpc) is 2.86. The van der Waals surface area contributed by atoms with Crippen molar-refractivity contribution in [1.82, 2.24) is 14.6 Å². The summed E-state index contributed by atoms with van der Waals surface area (Å²) in [4.78, 5) is 5.39. The molecule has 82 valence electrons. The summed E-state index contributed by atoms with van der Waals surface area (Å²) in [5.74, 6) is 0. The predicted molar refractivity (Wildman–Crippen MR) is 65.8 cm³/mol. The number of nitriles is 1. The van der Waals surface area contributed by atoms with Crippen LogP contribution in [0.2, 0.25) is 0 Å². The zero-order chi connectivity index (χ0) is 11.8. The van der Waals surface area contributed by atoms with E-state index in [1.54, 1.807) is 28.0 Å². The van der Waals surface area contributed by atoms with Crippen LogP contribution in [0.5, 0.6) is 0 Å². The first-order chi connectivity index (χ1) is 8.26. The molecule has 4 nitrogen and oxygen atoms in total. The Morgan fingerprint density at radius 1 is 1.29 bits per heavy atom. The molecule has 0 atom stereocenters. The van der Waals surface area contributed by atoms with Crippen molar-refractivity contribution < 1.29 is 0 Å². The lowest BCUT2D eigenvalue weighted by Crippen LogP contribution is -1.81. The lowest BCUT2D eigenvalue weighted by Gasteiger charge is -1.95. The number of imidazole rings is 1. The second-order valence-electron chi connectivity index (χ2n) is 3.66. The molecule has 0 saturated carbocycles. The molecule has 0 fully saturated rings. The topological polar surface area (TPSA) is 54.0 Å². The van der Waals surface area contributed by atoms with Crippen LogP contribution in [0.1, 0.15) is 10.6 Å². The van der Waals surface area contributed by atoms with Crippen LogP contribution in [0.15, 0.2) is 30.5 Å². The van der Waals surface area contributed by atoms with Crippen LogP contribution in [0.4, 0.5) is 0 Å². The number of fused-ring (bicyclic) bond motifs is 1. The van der Waals surface area contributed by atoms with E-state index in [9.17, 15) is 0 Å². The molecule has 2 heterocycles. The normalized spacial score (nSPS) is 10.6. The quantitative estimate of drug-likeness (QED) is 0.657. The molecule has 0 radical (unpaired) electrons. The zero-order valence-corrected chi connectivity index (χ0v) is 9.90. The maximum atomic E-state index is 8.73. The van der Waals surface area contributed by atoms with Gasteiger partial charge in [-0.05, 0) is 19.1 Å². The van der Waals surface area contributed by atoms with Gasteiger partial charge in [-0.25, -0.2) is 9.50 Å². The number of rotatable bonds is 1. The maximum absolute atomic E-state index is 8.73. The number of aromatic nitrogens is 3. The fourth-order valence-electron chi connectivity index (χ4n) is 1.65. The van der Waals surface area contributed by atoms with E-state index in [0.717, 1.165) is 21.2 Å². The van der Waals surface area contributed by atoms with E-state index in [2.05, 4.69) is 16.2 Å². The molecule has 17 heavy (non-hydrogen) atoms. The molecule has 0 aliphatic carbocycles. The summed E-state index contributed by atoms with van der Waals surface area (Å²) in [5.41, 5.74) is 2.54. The van der Waals surface area contributed by atoms with Gasteiger partial charge in [-0.15, -0.1) is 0 Å². The van der Waals surface area contributed by atoms with Crippen LogP contribution in [0.3, 0.4) is 0 Å². The monoisotopic (exact) mass is 240 g/mol. The molecule has 3 aromatic rings. The molecule has 0 N–H and O–H groups in total. The SMILES string of the molecule is Cc1nn2cc(-c3ccc(C#N)cc3)nc2s1. The van der Waals surface area contributed by atoms with E-state index in [-0.39, 0.29) is 0 Å². The van der Waals surface area contributed by atoms with Gasteiger partial charge in [-0.3, -0.25) is 0 Å². The van der Waals surface area contributed by atoms with Crippen LogP contribution in [0, 0.1) is 18.3 Å². The summed E-state index contributed by atoms with van der Waals surface area (Å²) in [5, 5.41) is 14.0. The zero-order valence-electron chi connectivity index (χ0n) is 9.08. The Labute approximate surface area is 102 Å². The minimum atomic E-state index is 0.656. The van der Waals surface area contributed by atoms with Crippen molar-refractivity contribution in [3.05, 3.63) is 41.0 Å². The molecule has 2 aromatic heterocycles. The Hall–Kier alpha value is -2.19. The fraction of sp³-hybridized carbons (Fsp3) is 0.0833. The van der Waals surface area contributed by atoms with Gasteiger partial charge in [-0.2, -0.15) is 10.4 Å². The molecule has 0 aliphatic heterocycles. The summed E-state index contributed by atoms with van der Waals surface area (Å²) in [6.07, 6.45) is 1.90. The van der Waals surface area contributed by atoms with Gasteiger partial charge in [0.15, 0.2) is 0 Å². The van der Waals surface area contributed by atoms with Gasteiger partial charge in [0.1, 0.15) is 5.01 Å². The van der Waals surface area contributed by atoms with Crippen molar-refractivity contribution in [2.24, 2.45) is 0 Å². The molecular formula is C12H8N4S. The van der Waals surface area contributed by atoms with E-state index in [4.69, 9.17) is 5.26 Å². The highest BCUT2D eigenvalue weighted by molar-refractivity contribution is 7.16. The van der Waals surface area contributed by atoms with Crippen LogP contribution < -0.4 is 0 Å². The van der Waals surface area contributed by atoms with Crippen molar-refractivity contribution in [1.29, 1.82) is 5.26 Å². The van der Waals surface area contributed by atoms with Gasteiger partial charge in [0, 0.05) is 5.56 Å². The van der Waals surface area contributed by atoms with Gasteiger partial charge in [0.05, 0.1) is 23.5 Å². The summed E-state index contributed by atoms with van der Waals surface area (Å²) >= 11 is 1.56. The van der Waals surface area contributed by atoms with E-state index in [0.29, 0.717) is 5.56 Å². The van der Waals surface area contributed by atoms with Crippen LogP contribution in [-0.4, -0.2) is 14.6 Å². The molecule has 0 amide bonds. The van der Waals surface area contributed by atoms with Crippen molar-refractivity contribution in [2.45, 2.75) is 6.92 Å². The number of aryl methyl sites for hydroxylation is 1. The molecule has 0 saturated heterocycles. The predicted octanol–water partition coefficient (Wildman–Crippen LogP) is 2.64. The van der Waals surface area contributed by atoms with Crippen molar-refractivity contribution >= 4 is 16.3 Å². The molecule has 0 spiro atoms. The van der Waals surface area contributed by atoms with Crippen LogP contribution >= 0.6 is 11.3 Å². The molecular weight excluding hydrogens is 232 g/mol. The highest BCUT2D eigenvalue weighted by atomic mass is 32.1. The first-order valence-electron chi connectivity index (χ1n) is 5.09. The van der Waals surface area contributed by atoms with E-state index >= 15 is 0 Å². The van der Waals surface area contributed by atoms with E-state index in [1.807, 2.05) is 25.3 Å². The minimum Gasteiger partial charge on any atom is -0.217 e. The van der Waals surface area contributed by atoms with Gasteiger partial charge < -0.3 is 0 Å². The maximum Gasteiger partial charge on any atom is 0.212 e. The summed E-state index contributed by atoms with van der Waals surface area (Å²) < 4.78 is 1.79. The van der Waals surface area contributed by atoms with E-state index < -0.39 is 0 Å². The van der Waals surface area contributed by atoms with Gasteiger partial charge in [0.25, 0.3) is 0 Å². The molecule has 1 aromatic carbocycles. The molecule has 5 heteroatoms. The fourth-order valence-corrected chi connectivity index (χ4v) is 2.38. The minimum absolute atomic E-state index is 0.656. The second-order valence-corrected chi connectivity index (χ2v) is 4.82. The summed E-state index contributed by atoms with van der Waals surface area (Å²) in [7, 11) is 0. The number of benzene rings is 1. The Kier molecular flexibility index (Phi) is 2.16. The first kappa shape index (κ1) is 10.00. The Bertz CT molecular complexity index is 684.